The molecular formula is C16H17ClN2O3S. The average Bonchev–Trinajstić information content (AvgIpc) is 2.56. The SMILES string of the molecule is O=S(=O)(Nc1ccc(N2CCOCC2)cc1)c1ccc(Cl)cc1. The van der Waals surface area contributed by atoms with Gasteiger partial charge < -0.3 is 9.64 Å². The van der Waals surface area contributed by atoms with Crippen LogP contribution in [0.15, 0.2) is 53.4 Å². The summed E-state index contributed by atoms with van der Waals surface area (Å²) in [6.45, 7) is 3.11. The highest BCUT2D eigenvalue weighted by atomic mass is 35.5. The Hall–Kier alpha value is -1.76. The van der Waals surface area contributed by atoms with Gasteiger partial charge in [-0.25, -0.2) is 8.42 Å². The van der Waals surface area contributed by atoms with Crippen LogP contribution in [-0.2, 0) is 14.8 Å². The van der Waals surface area contributed by atoms with Crippen LogP contribution >= 0.6 is 11.6 Å². The Bertz CT molecular complexity index is 755. The molecule has 1 fully saturated rings. The number of anilines is 2. The number of halogens is 1. The van der Waals surface area contributed by atoms with Crippen LogP contribution in [0.4, 0.5) is 11.4 Å². The molecule has 0 spiro atoms. The molecule has 1 N–H and O–H groups in total. The van der Waals surface area contributed by atoms with Crippen LogP contribution < -0.4 is 9.62 Å². The molecule has 0 radical (unpaired) electrons. The summed E-state index contributed by atoms with van der Waals surface area (Å²) in [6.07, 6.45) is 0. The summed E-state index contributed by atoms with van der Waals surface area (Å²) >= 11 is 5.78. The smallest absolute Gasteiger partial charge is 0.261 e. The van der Waals surface area contributed by atoms with E-state index in [9.17, 15) is 8.42 Å². The lowest BCUT2D eigenvalue weighted by molar-refractivity contribution is 0.122. The molecule has 5 nitrogen and oxygen atoms in total. The van der Waals surface area contributed by atoms with Gasteiger partial charge in [-0.2, -0.15) is 0 Å². The van der Waals surface area contributed by atoms with Crippen LogP contribution in [0.1, 0.15) is 0 Å². The van der Waals surface area contributed by atoms with Gasteiger partial charge in [-0.1, -0.05) is 11.6 Å². The maximum atomic E-state index is 12.3. The van der Waals surface area contributed by atoms with E-state index < -0.39 is 10.0 Å². The highest BCUT2D eigenvalue weighted by Gasteiger charge is 2.15. The highest BCUT2D eigenvalue weighted by Crippen LogP contribution is 2.22. The van der Waals surface area contributed by atoms with E-state index >= 15 is 0 Å². The minimum Gasteiger partial charge on any atom is -0.378 e. The van der Waals surface area contributed by atoms with Crippen molar-refractivity contribution in [3.8, 4) is 0 Å². The summed E-state index contributed by atoms with van der Waals surface area (Å²) in [4.78, 5) is 2.39. The molecule has 3 rings (SSSR count). The quantitative estimate of drug-likeness (QED) is 0.919. The van der Waals surface area contributed by atoms with Crippen LogP contribution in [-0.4, -0.2) is 34.7 Å². The van der Waals surface area contributed by atoms with E-state index in [-0.39, 0.29) is 4.90 Å². The molecule has 0 aromatic heterocycles. The largest absolute Gasteiger partial charge is 0.378 e. The first-order valence-electron chi connectivity index (χ1n) is 7.26. The van der Waals surface area contributed by atoms with Crippen LogP contribution in [0.2, 0.25) is 5.02 Å². The molecule has 0 aliphatic carbocycles. The Kier molecular flexibility index (Phi) is 4.75. The molecule has 1 aliphatic rings. The van der Waals surface area contributed by atoms with Crippen LogP contribution in [0, 0.1) is 0 Å². The number of rotatable bonds is 4. The molecule has 1 saturated heterocycles. The monoisotopic (exact) mass is 352 g/mol. The van der Waals surface area contributed by atoms with E-state index in [0.717, 1.165) is 18.8 Å². The fraction of sp³-hybridized carbons (Fsp3) is 0.250. The Morgan fingerprint density at radius 3 is 2.17 bits per heavy atom. The maximum Gasteiger partial charge on any atom is 0.261 e. The van der Waals surface area contributed by atoms with E-state index in [1.54, 1.807) is 24.3 Å². The van der Waals surface area contributed by atoms with E-state index in [4.69, 9.17) is 16.3 Å². The van der Waals surface area contributed by atoms with Crippen molar-refractivity contribution in [2.24, 2.45) is 0 Å². The summed E-state index contributed by atoms with van der Waals surface area (Å²) in [5.41, 5.74) is 1.58. The molecule has 0 amide bonds. The predicted octanol–water partition coefficient (Wildman–Crippen LogP) is 2.98. The minimum absolute atomic E-state index is 0.180. The molecular weight excluding hydrogens is 336 g/mol. The van der Waals surface area contributed by atoms with Gasteiger partial charge in [0, 0.05) is 29.5 Å². The second kappa shape index (κ2) is 6.78. The third kappa shape index (κ3) is 3.96. The van der Waals surface area contributed by atoms with Crippen LogP contribution in [0.25, 0.3) is 0 Å². The first kappa shape index (κ1) is 16.1. The fourth-order valence-electron chi connectivity index (χ4n) is 2.39. The summed E-state index contributed by atoms with van der Waals surface area (Å²) in [6, 6.07) is 13.4. The summed E-state index contributed by atoms with van der Waals surface area (Å²) < 4.78 is 32.5. The molecule has 0 saturated carbocycles. The molecule has 1 aliphatic heterocycles. The van der Waals surface area contributed by atoms with Crippen molar-refractivity contribution < 1.29 is 13.2 Å². The van der Waals surface area contributed by atoms with Gasteiger partial charge in [0.05, 0.1) is 18.1 Å². The Morgan fingerprint density at radius 1 is 0.957 bits per heavy atom. The second-order valence-corrected chi connectivity index (χ2v) is 7.32. The highest BCUT2D eigenvalue weighted by molar-refractivity contribution is 7.92. The van der Waals surface area contributed by atoms with Gasteiger partial charge in [0.25, 0.3) is 10.0 Å². The average molecular weight is 353 g/mol. The normalized spacial score (nSPS) is 15.4. The number of nitrogens with one attached hydrogen (secondary N) is 1. The molecule has 2 aromatic rings. The number of nitrogens with zero attached hydrogens (tertiary/aromatic N) is 1. The summed E-state index contributed by atoms with van der Waals surface area (Å²) in [7, 11) is -3.61. The number of benzene rings is 2. The number of morpholine rings is 1. The van der Waals surface area contributed by atoms with Gasteiger partial charge in [0.1, 0.15) is 0 Å². The van der Waals surface area contributed by atoms with Crippen molar-refractivity contribution in [2.75, 3.05) is 35.9 Å². The molecule has 0 bridgehead atoms. The van der Waals surface area contributed by atoms with Gasteiger partial charge in [0.15, 0.2) is 0 Å². The van der Waals surface area contributed by atoms with Gasteiger partial charge in [-0.05, 0) is 48.5 Å². The number of hydrogen-bond donors (Lipinski definition) is 1. The summed E-state index contributed by atoms with van der Waals surface area (Å²) in [5.74, 6) is 0. The van der Waals surface area contributed by atoms with Gasteiger partial charge in [-0.15, -0.1) is 0 Å². The van der Waals surface area contributed by atoms with Crippen molar-refractivity contribution in [1.82, 2.24) is 0 Å². The Morgan fingerprint density at radius 2 is 1.57 bits per heavy atom. The predicted molar refractivity (Wildman–Crippen MR) is 91.7 cm³/mol. The number of ether oxygens (including phenoxy) is 1. The lowest BCUT2D eigenvalue weighted by Gasteiger charge is -2.28. The molecule has 122 valence electrons. The topological polar surface area (TPSA) is 58.6 Å². The van der Waals surface area contributed by atoms with E-state index in [1.165, 1.54) is 12.1 Å². The van der Waals surface area contributed by atoms with E-state index in [0.29, 0.717) is 23.9 Å². The van der Waals surface area contributed by atoms with Gasteiger partial charge in [0.2, 0.25) is 0 Å². The molecule has 2 aromatic carbocycles. The molecule has 0 atom stereocenters. The van der Waals surface area contributed by atoms with E-state index in [1.807, 2.05) is 12.1 Å². The Labute approximate surface area is 140 Å². The third-order valence-electron chi connectivity index (χ3n) is 3.62. The van der Waals surface area contributed by atoms with Crippen molar-refractivity contribution in [2.45, 2.75) is 4.90 Å². The standard InChI is InChI=1S/C16H17ClN2O3S/c17-13-1-7-16(8-2-13)23(20,21)18-14-3-5-15(6-4-14)19-9-11-22-12-10-19/h1-8,18H,9-12H2. The molecule has 23 heavy (non-hydrogen) atoms. The minimum atomic E-state index is -3.61. The molecule has 0 unspecified atom stereocenters. The number of sulfonamides is 1. The summed E-state index contributed by atoms with van der Waals surface area (Å²) in [5, 5.41) is 0.499. The zero-order valence-corrected chi connectivity index (χ0v) is 14.0. The lowest BCUT2D eigenvalue weighted by atomic mass is 10.2. The van der Waals surface area contributed by atoms with Crippen molar-refractivity contribution in [1.29, 1.82) is 0 Å². The van der Waals surface area contributed by atoms with Crippen molar-refractivity contribution in [3.63, 3.8) is 0 Å². The fourth-order valence-corrected chi connectivity index (χ4v) is 3.57. The van der Waals surface area contributed by atoms with Crippen molar-refractivity contribution >= 4 is 33.0 Å². The molecule has 1 heterocycles. The first-order chi connectivity index (χ1) is 11.0. The van der Waals surface area contributed by atoms with Crippen LogP contribution in [0.3, 0.4) is 0 Å². The van der Waals surface area contributed by atoms with Crippen molar-refractivity contribution in [3.05, 3.63) is 53.6 Å². The molecule has 7 heteroatoms. The first-order valence-corrected chi connectivity index (χ1v) is 9.12. The lowest BCUT2D eigenvalue weighted by Crippen LogP contribution is -2.36. The Balaban J connectivity index is 1.73. The zero-order chi connectivity index (χ0) is 16.3. The van der Waals surface area contributed by atoms with Crippen LogP contribution in [0.5, 0.6) is 0 Å². The maximum absolute atomic E-state index is 12.3. The van der Waals surface area contributed by atoms with E-state index in [2.05, 4.69) is 9.62 Å². The van der Waals surface area contributed by atoms with Gasteiger partial charge in [-0.3, -0.25) is 4.72 Å². The third-order valence-corrected chi connectivity index (χ3v) is 5.27. The number of hydrogen-bond acceptors (Lipinski definition) is 4. The second-order valence-electron chi connectivity index (χ2n) is 5.21. The van der Waals surface area contributed by atoms with Gasteiger partial charge >= 0.3 is 0 Å². The zero-order valence-electron chi connectivity index (χ0n) is 12.4.